The molecule has 9 heteroatoms. The average molecular weight is 697 g/mol. The predicted octanol–water partition coefficient (Wildman–Crippen LogP) is 8.18. The fourth-order valence-corrected chi connectivity index (χ4v) is 8.86. The molecule has 1 aromatic carbocycles. The first-order valence-electron chi connectivity index (χ1n) is 18.5. The molecular weight excluding hydrogens is 645 g/mol. The number of amides is 2. The molecule has 8 nitrogen and oxygen atoms in total. The summed E-state index contributed by atoms with van der Waals surface area (Å²) in [7, 11) is 0. The molecule has 0 spiro atoms. The quantitative estimate of drug-likeness (QED) is 0.209. The highest BCUT2D eigenvalue weighted by Gasteiger charge is 2.39. The minimum atomic E-state index is -0.909. The van der Waals surface area contributed by atoms with E-state index in [2.05, 4.69) is 39.1 Å². The van der Waals surface area contributed by atoms with Crippen LogP contribution in [0.3, 0.4) is 0 Å². The third kappa shape index (κ3) is 8.53. The van der Waals surface area contributed by atoms with Crippen molar-refractivity contribution < 1.29 is 19.5 Å². The van der Waals surface area contributed by atoms with Gasteiger partial charge in [-0.15, -0.1) is 11.3 Å². The second-order valence-corrected chi connectivity index (χ2v) is 16.8. The molecule has 3 heterocycles. The first-order chi connectivity index (χ1) is 24.0. The summed E-state index contributed by atoms with van der Waals surface area (Å²) in [5.41, 5.74) is 4.13. The van der Waals surface area contributed by atoms with Gasteiger partial charge in [0.25, 0.3) is 5.91 Å². The Labute approximate surface area is 300 Å². The number of aliphatic carboxylic acids is 1. The highest BCUT2D eigenvalue weighted by molar-refractivity contribution is 7.14. The maximum absolute atomic E-state index is 13.5. The zero-order chi connectivity index (χ0) is 35.4. The Morgan fingerprint density at radius 1 is 0.940 bits per heavy atom. The Kier molecular flexibility index (Phi) is 11.2. The van der Waals surface area contributed by atoms with Gasteiger partial charge in [0.05, 0.1) is 10.8 Å². The van der Waals surface area contributed by atoms with Crippen LogP contribution >= 0.6 is 11.3 Å². The standard InChI is InChI=1S/C41H52N4O4S/c1-5-6-26-7-11-28(12-8-26)29-15-17-30(18-16-29)32-22-42-37(43-23-32)31-13-9-27(10-14-31)21-34(39(47)45-24-33(25-45)40(48)49)44-38(46)35-19-20-36(50-35)41(2,3)4/h9-10,13-14,17,19-20,22-23,26,28-29,33-34H,5-8,11-12,15-16,18,21,24-25H2,1-4H3,(H,44,46)(H,48,49)/t26?,28?,29?,34-/m1/s1. The molecule has 2 N–H and O–H groups in total. The highest BCUT2D eigenvalue weighted by atomic mass is 32.1. The van der Waals surface area contributed by atoms with Crippen molar-refractivity contribution in [3.63, 3.8) is 0 Å². The molecular formula is C41H52N4O4S. The van der Waals surface area contributed by atoms with E-state index in [1.807, 2.05) is 42.7 Å². The first-order valence-corrected chi connectivity index (χ1v) is 19.3. The minimum absolute atomic E-state index is 0.0862. The van der Waals surface area contributed by atoms with Gasteiger partial charge in [-0.1, -0.05) is 83.7 Å². The number of rotatable bonds is 11. The number of carbonyl (C=O) groups excluding carboxylic acids is 2. The first kappa shape index (κ1) is 36.0. The molecule has 2 aromatic heterocycles. The van der Waals surface area contributed by atoms with Crippen LogP contribution < -0.4 is 5.32 Å². The van der Waals surface area contributed by atoms with Crippen molar-refractivity contribution in [3.05, 3.63) is 75.7 Å². The lowest BCUT2D eigenvalue weighted by Gasteiger charge is -2.38. The van der Waals surface area contributed by atoms with Gasteiger partial charge in [-0.2, -0.15) is 0 Å². The summed E-state index contributed by atoms with van der Waals surface area (Å²) in [6, 6.07) is 10.7. The van der Waals surface area contributed by atoms with Crippen molar-refractivity contribution in [3.8, 4) is 11.4 Å². The number of aromatic nitrogens is 2. The molecule has 0 bridgehead atoms. The molecule has 266 valence electrons. The molecule has 2 fully saturated rings. The van der Waals surface area contributed by atoms with E-state index < -0.39 is 17.9 Å². The van der Waals surface area contributed by atoms with Gasteiger partial charge < -0.3 is 15.3 Å². The van der Waals surface area contributed by atoms with Crippen LogP contribution in [0.1, 0.15) is 111 Å². The molecule has 3 aliphatic rings. The number of carboxylic acids is 1. The van der Waals surface area contributed by atoms with E-state index in [0.717, 1.165) is 52.2 Å². The van der Waals surface area contributed by atoms with Gasteiger partial charge in [-0.05, 0) is 78.5 Å². The van der Waals surface area contributed by atoms with Crippen molar-refractivity contribution in [1.29, 1.82) is 0 Å². The van der Waals surface area contributed by atoms with Gasteiger partial charge >= 0.3 is 5.97 Å². The third-order valence-electron chi connectivity index (χ3n) is 11.1. The lowest BCUT2D eigenvalue weighted by molar-refractivity contribution is -0.153. The molecule has 6 rings (SSSR count). The number of thiophene rings is 1. The lowest BCUT2D eigenvalue weighted by atomic mass is 9.70. The maximum atomic E-state index is 13.5. The minimum Gasteiger partial charge on any atom is -0.481 e. The number of hydrogen-bond acceptors (Lipinski definition) is 6. The molecule has 3 aromatic rings. The molecule has 2 aliphatic carbocycles. The summed E-state index contributed by atoms with van der Waals surface area (Å²) in [5, 5.41) is 12.3. The molecule has 50 heavy (non-hydrogen) atoms. The van der Waals surface area contributed by atoms with Gasteiger partial charge in [-0.25, -0.2) is 9.97 Å². The second kappa shape index (κ2) is 15.6. The van der Waals surface area contributed by atoms with Gasteiger partial charge in [0.2, 0.25) is 5.91 Å². The SMILES string of the molecule is CCCC1CCC(C2CC=C(c3cnc(-c4ccc(C[C@@H](NC(=O)c5ccc(C(C)(C)C)s5)C(=O)N5CC(C(=O)O)C5)cc4)nc3)CC2)CC1. The number of carbonyl (C=O) groups is 3. The van der Waals surface area contributed by atoms with Crippen molar-refractivity contribution >= 4 is 34.7 Å². The summed E-state index contributed by atoms with van der Waals surface area (Å²) in [6.45, 7) is 8.90. The van der Waals surface area contributed by atoms with Crippen LogP contribution in [0.15, 0.2) is 54.9 Å². The van der Waals surface area contributed by atoms with Gasteiger partial charge in [-0.3, -0.25) is 14.4 Å². The van der Waals surface area contributed by atoms with Gasteiger partial charge in [0, 0.05) is 47.9 Å². The smallest absolute Gasteiger partial charge is 0.310 e. The largest absolute Gasteiger partial charge is 0.481 e. The van der Waals surface area contributed by atoms with Crippen LogP contribution in [-0.2, 0) is 21.4 Å². The van der Waals surface area contributed by atoms with E-state index in [0.29, 0.717) is 10.7 Å². The average Bonchev–Trinajstić information content (AvgIpc) is 3.60. The van der Waals surface area contributed by atoms with E-state index in [4.69, 9.17) is 9.97 Å². The number of nitrogens with zero attached hydrogens (tertiary/aromatic N) is 3. The number of benzene rings is 1. The van der Waals surface area contributed by atoms with Gasteiger partial charge in [0.15, 0.2) is 5.82 Å². The van der Waals surface area contributed by atoms with E-state index in [1.54, 1.807) is 6.07 Å². The van der Waals surface area contributed by atoms with Crippen LogP contribution in [0, 0.1) is 23.7 Å². The monoisotopic (exact) mass is 696 g/mol. The molecule has 2 amide bonds. The summed E-state index contributed by atoms with van der Waals surface area (Å²) < 4.78 is 0. The Balaban J connectivity index is 1.08. The fraction of sp³-hybridized carbons (Fsp3) is 0.537. The Morgan fingerprint density at radius 2 is 1.64 bits per heavy atom. The molecule has 1 saturated carbocycles. The number of likely N-dealkylation sites (tertiary alicyclic amines) is 1. The van der Waals surface area contributed by atoms with Gasteiger partial charge in [0.1, 0.15) is 6.04 Å². The summed E-state index contributed by atoms with van der Waals surface area (Å²) in [6.07, 6.45) is 18.4. The number of hydrogen-bond donors (Lipinski definition) is 2. The summed E-state index contributed by atoms with van der Waals surface area (Å²) in [5.74, 6) is 1.24. The Bertz CT molecular complexity index is 1680. The maximum Gasteiger partial charge on any atom is 0.310 e. The Morgan fingerprint density at radius 3 is 2.22 bits per heavy atom. The highest BCUT2D eigenvalue weighted by Crippen LogP contribution is 2.42. The number of carboxylic acid groups (broad SMARTS) is 1. The number of nitrogens with one attached hydrogen (secondary N) is 1. The number of allylic oxidation sites excluding steroid dienone is 2. The van der Waals surface area contributed by atoms with E-state index in [1.165, 1.54) is 66.8 Å². The second-order valence-electron chi connectivity index (χ2n) is 15.7. The zero-order valence-corrected chi connectivity index (χ0v) is 30.8. The normalized spacial score (nSPS) is 22.0. The summed E-state index contributed by atoms with van der Waals surface area (Å²) >= 11 is 1.42. The zero-order valence-electron chi connectivity index (χ0n) is 30.0. The van der Waals surface area contributed by atoms with E-state index in [-0.39, 0.29) is 36.7 Å². The molecule has 1 saturated heterocycles. The van der Waals surface area contributed by atoms with Crippen LogP contribution in [0.4, 0.5) is 0 Å². The van der Waals surface area contributed by atoms with Crippen molar-refractivity contribution in [2.75, 3.05) is 13.1 Å². The summed E-state index contributed by atoms with van der Waals surface area (Å²) in [4.78, 5) is 50.8. The Hall–Kier alpha value is -3.85. The van der Waals surface area contributed by atoms with E-state index >= 15 is 0 Å². The van der Waals surface area contributed by atoms with Crippen LogP contribution in [0.2, 0.25) is 0 Å². The molecule has 1 aliphatic heterocycles. The van der Waals surface area contributed by atoms with Crippen LogP contribution in [0.25, 0.3) is 17.0 Å². The van der Waals surface area contributed by atoms with Crippen molar-refractivity contribution in [2.24, 2.45) is 23.7 Å². The molecule has 2 atom stereocenters. The van der Waals surface area contributed by atoms with E-state index in [9.17, 15) is 19.5 Å². The van der Waals surface area contributed by atoms with Crippen molar-refractivity contribution in [1.82, 2.24) is 20.2 Å². The fourth-order valence-electron chi connectivity index (χ4n) is 7.90. The predicted molar refractivity (Wildman–Crippen MR) is 199 cm³/mol. The topological polar surface area (TPSA) is 112 Å². The van der Waals surface area contributed by atoms with Crippen LogP contribution in [-0.4, -0.2) is 56.9 Å². The molecule has 1 unspecified atom stereocenters. The van der Waals surface area contributed by atoms with Crippen molar-refractivity contribution in [2.45, 2.75) is 103 Å². The third-order valence-corrected chi connectivity index (χ3v) is 12.6. The van der Waals surface area contributed by atoms with Crippen LogP contribution in [0.5, 0.6) is 0 Å². The lowest BCUT2D eigenvalue weighted by Crippen LogP contribution is -2.59. The molecule has 0 radical (unpaired) electrons.